The molecule has 0 saturated heterocycles. The first-order valence-corrected chi connectivity index (χ1v) is 5.80. The highest BCUT2D eigenvalue weighted by Gasteiger charge is 2.65. The van der Waals surface area contributed by atoms with E-state index in [1.165, 1.54) is 0 Å². The van der Waals surface area contributed by atoms with E-state index in [2.05, 4.69) is 13.0 Å². The average Bonchev–Trinajstić information content (AvgIpc) is 2.61. The molecule has 1 spiro atoms. The lowest BCUT2D eigenvalue weighted by molar-refractivity contribution is -0.148. The second-order valence-corrected chi connectivity index (χ2v) is 5.60. The third-order valence-electron chi connectivity index (χ3n) is 5.01. The number of fused-ring (bicyclic) bond motifs is 1. The Hall–Kier alpha value is -0.920. The summed E-state index contributed by atoms with van der Waals surface area (Å²) in [5.74, 6) is 1.03. The molecule has 2 bridgehead atoms. The molecule has 2 nitrogen and oxygen atoms in total. The number of hydrogen-bond donors (Lipinski definition) is 0. The van der Waals surface area contributed by atoms with Crippen molar-refractivity contribution in [1.29, 1.82) is 0 Å². The number of carbonyl (C=O) groups is 2. The molecular formula is C13H16O2. The first kappa shape index (κ1) is 9.32. The van der Waals surface area contributed by atoms with Gasteiger partial charge < -0.3 is 0 Å². The molecule has 3 aliphatic carbocycles. The van der Waals surface area contributed by atoms with Crippen LogP contribution in [0.4, 0.5) is 0 Å². The van der Waals surface area contributed by atoms with E-state index in [0.29, 0.717) is 18.3 Å². The molecule has 0 N–H and O–H groups in total. The van der Waals surface area contributed by atoms with Crippen LogP contribution in [0.15, 0.2) is 12.2 Å². The van der Waals surface area contributed by atoms with Gasteiger partial charge in [-0.05, 0) is 31.6 Å². The van der Waals surface area contributed by atoms with E-state index < -0.39 is 5.41 Å². The fraction of sp³-hybridized carbons (Fsp3) is 0.692. The van der Waals surface area contributed by atoms with Crippen LogP contribution in [0.3, 0.4) is 0 Å². The molecule has 0 radical (unpaired) electrons. The molecule has 4 atom stereocenters. The lowest BCUT2D eigenvalue weighted by atomic mass is 9.60. The summed E-state index contributed by atoms with van der Waals surface area (Å²) in [6.45, 7) is 3.95. The fourth-order valence-corrected chi connectivity index (χ4v) is 3.87. The van der Waals surface area contributed by atoms with E-state index in [9.17, 15) is 9.59 Å². The molecule has 2 saturated carbocycles. The van der Waals surface area contributed by atoms with Crippen LogP contribution in [-0.2, 0) is 9.59 Å². The van der Waals surface area contributed by atoms with Crippen molar-refractivity contribution in [1.82, 2.24) is 0 Å². The van der Waals surface area contributed by atoms with E-state index in [0.717, 1.165) is 12.8 Å². The van der Waals surface area contributed by atoms with E-state index in [4.69, 9.17) is 0 Å². The highest BCUT2D eigenvalue weighted by Crippen LogP contribution is 2.61. The lowest BCUT2D eigenvalue weighted by Gasteiger charge is -2.40. The van der Waals surface area contributed by atoms with Crippen molar-refractivity contribution < 1.29 is 9.59 Å². The van der Waals surface area contributed by atoms with E-state index >= 15 is 0 Å². The smallest absolute Gasteiger partial charge is 0.160 e. The zero-order valence-electron chi connectivity index (χ0n) is 9.25. The molecular weight excluding hydrogens is 188 g/mol. The number of Topliss-reactive ketones (excluding diaryl/α,β-unsaturated/α-hetero) is 2. The summed E-state index contributed by atoms with van der Waals surface area (Å²) >= 11 is 0. The molecule has 0 amide bonds. The van der Waals surface area contributed by atoms with Gasteiger partial charge in [0.05, 0.1) is 5.41 Å². The number of ketones is 2. The average molecular weight is 204 g/mol. The summed E-state index contributed by atoms with van der Waals surface area (Å²) in [5.41, 5.74) is -1.06. The van der Waals surface area contributed by atoms with Crippen LogP contribution in [0.1, 0.15) is 33.1 Å². The minimum atomic E-state index is -0.783. The Morgan fingerprint density at radius 2 is 2.00 bits per heavy atom. The molecule has 3 aliphatic rings. The van der Waals surface area contributed by atoms with Gasteiger partial charge >= 0.3 is 0 Å². The highest BCUT2D eigenvalue weighted by atomic mass is 16.2. The second kappa shape index (κ2) is 2.42. The number of rotatable bonds is 0. The Balaban J connectivity index is 2.19. The number of hydrogen-bond acceptors (Lipinski definition) is 2. The Morgan fingerprint density at radius 1 is 1.27 bits per heavy atom. The Labute approximate surface area is 89.7 Å². The van der Waals surface area contributed by atoms with Gasteiger partial charge in [-0.25, -0.2) is 0 Å². The maximum absolute atomic E-state index is 12.5. The van der Waals surface area contributed by atoms with Crippen molar-refractivity contribution in [2.75, 3.05) is 0 Å². The summed E-state index contributed by atoms with van der Waals surface area (Å²) in [5, 5.41) is 0. The van der Waals surface area contributed by atoms with Crippen molar-refractivity contribution in [3.05, 3.63) is 12.2 Å². The zero-order valence-corrected chi connectivity index (χ0v) is 9.25. The van der Waals surface area contributed by atoms with Crippen molar-refractivity contribution in [2.24, 2.45) is 22.7 Å². The summed E-state index contributed by atoms with van der Waals surface area (Å²) in [7, 11) is 0. The summed E-state index contributed by atoms with van der Waals surface area (Å²) in [4.78, 5) is 24.4. The topological polar surface area (TPSA) is 34.1 Å². The van der Waals surface area contributed by atoms with Gasteiger partial charge in [-0.2, -0.15) is 0 Å². The Morgan fingerprint density at radius 3 is 2.73 bits per heavy atom. The molecule has 0 heterocycles. The van der Waals surface area contributed by atoms with Crippen molar-refractivity contribution in [3.63, 3.8) is 0 Å². The van der Waals surface area contributed by atoms with Gasteiger partial charge in [0.25, 0.3) is 0 Å². The minimum absolute atomic E-state index is 0.135. The standard InChI is InChI=1S/C13H16O2/c1-8-3-4-9-7-10(14)12(2)5-6-13(8,9)11(12)15/h5-6,8-9H,3-4,7H2,1-2H3/t8-,9+,12+,13+/m0/s1. The maximum Gasteiger partial charge on any atom is 0.160 e. The molecule has 80 valence electrons. The van der Waals surface area contributed by atoms with E-state index in [-0.39, 0.29) is 17.0 Å². The Kier molecular flexibility index (Phi) is 1.50. The van der Waals surface area contributed by atoms with Crippen LogP contribution >= 0.6 is 0 Å². The third kappa shape index (κ3) is 0.790. The van der Waals surface area contributed by atoms with Crippen LogP contribution in [0, 0.1) is 22.7 Å². The molecule has 15 heavy (non-hydrogen) atoms. The monoisotopic (exact) mass is 204 g/mol. The maximum atomic E-state index is 12.5. The minimum Gasteiger partial charge on any atom is -0.298 e. The lowest BCUT2D eigenvalue weighted by Crippen LogP contribution is -2.50. The van der Waals surface area contributed by atoms with Gasteiger partial charge in [0.15, 0.2) is 5.78 Å². The SMILES string of the molecule is C[C@H]1CC[C@@H]2CC(=O)[C@@]3(C)C=C[C@]21C3=O. The van der Waals surface area contributed by atoms with Crippen LogP contribution < -0.4 is 0 Å². The van der Waals surface area contributed by atoms with Crippen molar-refractivity contribution >= 4 is 11.6 Å². The number of carbonyl (C=O) groups excluding carboxylic acids is 2. The van der Waals surface area contributed by atoms with Gasteiger partial charge in [0.2, 0.25) is 0 Å². The normalized spacial score (nSPS) is 52.4. The first-order chi connectivity index (χ1) is 7.02. The van der Waals surface area contributed by atoms with Crippen molar-refractivity contribution in [2.45, 2.75) is 33.1 Å². The van der Waals surface area contributed by atoms with Gasteiger partial charge in [0, 0.05) is 6.42 Å². The van der Waals surface area contributed by atoms with Crippen LogP contribution in [0.2, 0.25) is 0 Å². The number of allylic oxidation sites excluding steroid dienone is 2. The van der Waals surface area contributed by atoms with Crippen molar-refractivity contribution in [3.8, 4) is 0 Å². The molecule has 2 heteroatoms. The summed E-state index contributed by atoms with van der Waals surface area (Å²) in [6.07, 6.45) is 6.67. The molecule has 0 unspecified atom stereocenters. The molecule has 0 aromatic heterocycles. The van der Waals surface area contributed by atoms with Gasteiger partial charge in [-0.1, -0.05) is 19.1 Å². The van der Waals surface area contributed by atoms with Gasteiger partial charge in [0.1, 0.15) is 11.2 Å². The van der Waals surface area contributed by atoms with Gasteiger partial charge in [-0.15, -0.1) is 0 Å². The summed E-state index contributed by atoms with van der Waals surface area (Å²) in [6, 6.07) is 0. The highest BCUT2D eigenvalue weighted by molar-refractivity contribution is 6.16. The zero-order chi connectivity index (χ0) is 10.8. The fourth-order valence-electron chi connectivity index (χ4n) is 3.87. The molecule has 0 aromatic rings. The third-order valence-corrected chi connectivity index (χ3v) is 5.01. The quantitative estimate of drug-likeness (QED) is 0.447. The first-order valence-electron chi connectivity index (χ1n) is 5.80. The molecule has 2 fully saturated rings. The summed E-state index contributed by atoms with van der Waals surface area (Å²) < 4.78 is 0. The van der Waals surface area contributed by atoms with Crippen LogP contribution in [-0.4, -0.2) is 11.6 Å². The van der Waals surface area contributed by atoms with Crippen LogP contribution in [0.5, 0.6) is 0 Å². The van der Waals surface area contributed by atoms with Crippen LogP contribution in [0.25, 0.3) is 0 Å². The largest absolute Gasteiger partial charge is 0.298 e. The molecule has 0 aromatic carbocycles. The van der Waals surface area contributed by atoms with E-state index in [1.807, 2.05) is 6.08 Å². The predicted molar refractivity (Wildman–Crippen MR) is 56.2 cm³/mol. The van der Waals surface area contributed by atoms with Gasteiger partial charge in [-0.3, -0.25) is 9.59 Å². The Bertz CT molecular complexity index is 395. The second-order valence-electron chi connectivity index (χ2n) is 5.60. The predicted octanol–water partition coefficient (Wildman–Crippen LogP) is 2.14. The molecule has 0 aliphatic heterocycles. The van der Waals surface area contributed by atoms with E-state index in [1.54, 1.807) is 6.92 Å². The molecule has 3 rings (SSSR count).